The third-order valence-corrected chi connectivity index (χ3v) is 7.58. The average molecular weight is 560 g/mol. The van der Waals surface area contributed by atoms with E-state index in [1.165, 1.54) is 30.3 Å². The maximum Gasteiger partial charge on any atom is 0.322 e. The van der Waals surface area contributed by atoms with Crippen LogP contribution in [0.3, 0.4) is 0 Å². The molecular formula is C29H25N3O7S. The molecule has 0 spiro atoms. The predicted octanol–water partition coefficient (Wildman–Crippen LogP) is 2.84. The number of carbonyl (C=O) groups excluding carboxylic acids is 3. The molecule has 0 aromatic heterocycles. The highest BCUT2D eigenvalue weighted by Gasteiger charge is 2.33. The first-order valence-electron chi connectivity index (χ1n) is 12.1. The van der Waals surface area contributed by atoms with Crippen molar-refractivity contribution in [1.82, 2.24) is 5.32 Å². The number of amides is 2. The Labute approximate surface area is 229 Å². The largest absolute Gasteiger partial charge is 0.480 e. The third kappa shape index (κ3) is 6.33. The first-order chi connectivity index (χ1) is 19.1. The Morgan fingerprint density at radius 3 is 2.17 bits per heavy atom. The van der Waals surface area contributed by atoms with Gasteiger partial charge in [-0.15, -0.1) is 0 Å². The molecule has 11 heteroatoms. The highest BCUT2D eigenvalue weighted by atomic mass is 32.2. The number of nitrogens with one attached hydrogen (secondary N) is 2. The lowest BCUT2D eigenvalue weighted by Gasteiger charge is -2.22. The highest BCUT2D eigenvalue weighted by molar-refractivity contribution is 7.92. The van der Waals surface area contributed by atoms with Crippen LogP contribution in [0.2, 0.25) is 0 Å². The van der Waals surface area contributed by atoms with Gasteiger partial charge in [0.2, 0.25) is 11.7 Å². The summed E-state index contributed by atoms with van der Waals surface area (Å²) < 4.78 is 29.4. The van der Waals surface area contributed by atoms with Crippen LogP contribution in [0.15, 0.2) is 95.9 Å². The van der Waals surface area contributed by atoms with Gasteiger partial charge in [0, 0.05) is 11.1 Å². The SMILES string of the molecule is NC(=O)c1cccc(NS(=O)(=O)c2ccc3ccccc3c2)c1C(Cc1ccccc1)C(=O)C(=O)NCC(=O)O. The maximum absolute atomic E-state index is 13.5. The first-order valence-corrected chi connectivity index (χ1v) is 13.6. The minimum absolute atomic E-state index is 0.0632. The Morgan fingerprint density at radius 2 is 1.50 bits per heavy atom. The molecule has 0 aliphatic heterocycles. The Morgan fingerprint density at radius 1 is 0.825 bits per heavy atom. The molecule has 1 atom stereocenters. The number of hydrogen-bond acceptors (Lipinski definition) is 6. The summed E-state index contributed by atoms with van der Waals surface area (Å²) in [5.74, 6) is -5.95. The summed E-state index contributed by atoms with van der Waals surface area (Å²) >= 11 is 0. The molecule has 204 valence electrons. The third-order valence-electron chi connectivity index (χ3n) is 6.22. The van der Waals surface area contributed by atoms with Gasteiger partial charge in [0.15, 0.2) is 0 Å². The van der Waals surface area contributed by atoms with E-state index in [-0.39, 0.29) is 28.1 Å². The Kier molecular flexibility index (Phi) is 8.25. The van der Waals surface area contributed by atoms with E-state index in [2.05, 4.69) is 4.72 Å². The summed E-state index contributed by atoms with van der Waals surface area (Å²) in [6, 6.07) is 24.4. The topological polar surface area (TPSA) is 173 Å². The first kappa shape index (κ1) is 28.0. The van der Waals surface area contributed by atoms with Gasteiger partial charge in [-0.2, -0.15) is 0 Å². The lowest BCUT2D eigenvalue weighted by Crippen LogP contribution is -2.38. The fraction of sp³-hybridized carbons (Fsp3) is 0.103. The minimum Gasteiger partial charge on any atom is -0.480 e. The fourth-order valence-corrected chi connectivity index (χ4v) is 5.47. The van der Waals surface area contributed by atoms with E-state index in [4.69, 9.17) is 10.8 Å². The van der Waals surface area contributed by atoms with Gasteiger partial charge in [0.05, 0.1) is 16.5 Å². The summed E-state index contributed by atoms with van der Waals surface area (Å²) in [5, 5.41) is 12.5. The summed E-state index contributed by atoms with van der Waals surface area (Å²) in [6.45, 7) is -0.804. The number of benzene rings is 4. The van der Waals surface area contributed by atoms with E-state index in [1.54, 1.807) is 48.5 Å². The van der Waals surface area contributed by atoms with Crippen LogP contribution in [0.25, 0.3) is 10.8 Å². The zero-order valence-corrected chi connectivity index (χ0v) is 21.9. The smallest absolute Gasteiger partial charge is 0.322 e. The molecule has 4 aromatic carbocycles. The maximum atomic E-state index is 13.5. The Bertz CT molecular complexity index is 1720. The second-order valence-electron chi connectivity index (χ2n) is 8.93. The number of primary amides is 1. The van der Waals surface area contributed by atoms with E-state index in [1.807, 2.05) is 17.4 Å². The van der Waals surface area contributed by atoms with E-state index in [0.717, 1.165) is 5.39 Å². The molecule has 4 aromatic rings. The van der Waals surface area contributed by atoms with Gasteiger partial charge >= 0.3 is 5.97 Å². The zero-order chi connectivity index (χ0) is 28.9. The molecule has 1 unspecified atom stereocenters. The standard InChI is InChI=1S/C29H25N3O7S/c30-28(36)22-11-6-12-24(32-40(38,39)21-14-13-19-9-4-5-10-20(19)16-21)26(22)23(15-18-7-2-1-3-8-18)27(35)29(37)31-17-25(33)34/h1-14,16,23,32H,15,17H2,(H2,30,36)(H,31,37)(H,33,34). The van der Waals surface area contributed by atoms with Gasteiger partial charge in [-0.25, -0.2) is 8.42 Å². The van der Waals surface area contributed by atoms with Crippen molar-refractivity contribution in [2.45, 2.75) is 17.2 Å². The number of ketones is 1. The molecule has 0 heterocycles. The predicted molar refractivity (Wildman–Crippen MR) is 148 cm³/mol. The van der Waals surface area contributed by atoms with Crippen molar-refractivity contribution >= 4 is 50.1 Å². The van der Waals surface area contributed by atoms with E-state index >= 15 is 0 Å². The summed E-state index contributed by atoms with van der Waals surface area (Å²) in [7, 11) is -4.24. The van der Waals surface area contributed by atoms with Gasteiger partial charge in [0.1, 0.15) is 6.54 Å². The number of rotatable bonds is 11. The molecule has 0 fully saturated rings. The van der Waals surface area contributed by atoms with Crippen molar-refractivity contribution in [3.05, 3.63) is 108 Å². The normalized spacial score (nSPS) is 11.9. The lowest BCUT2D eigenvalue weighted by atomic mass is 9.84. The molecule has 0 aliphatic rings. The number of carboxylic acid groups (broad SMARTS) is 1. The van der Waals surface area contributed by atoms with E-state index in [9.17, 15) is 27.6 Å². The highest BCUT2D eigenvalue weighted by Crippen LogP contribution is 2.34. The van der Waals surface area contributed by atoms with Crippen LogP contribution in [0.4, 0.5) is 5.69 Å². The number of carbonyl (C=O) groups is 4. The van der Waals surface area contributed by atoms with Crippen molar-refractivity contribution in [2.24, 2.45) is 5.73 Å². The van der Waals surface area contributed by atoms with Gasteiger partial charge < -0.3 is 16.2 Å². The number of nitrogens with two attached hydrogens (primary N) is 1. The summed E-state index contributed by atoms with van der Waals surface area (Å²) in [4.78, 5) is 49.5. The monoisotopic (exact) mass is 559 g/mol. The van der Waals surface area contributed by atoms with Crippen LogP contribution in [0.1, 0.15) is 27.4 Å². The molecule has 0 aliphatic carbocycles. The molecule has 0 saturated carbocycles. The van der Waals surface area contributed by atoms with Crippen LogP contribution in [-0.4, -0.2) is 43.6 Å². The van der Waals surface area contributed by atoms with Crippen LogP contribution in [0.5, 0.6) is 0 Å². The van der Waals surface area contributed by atoms with Crippen LogP contribution >= 0.6 is 0 Å². The molecule has 0 saturated heterocycles. The summed E-state index contributed by atoms with van der Waals surface area (Å²) in [6.07, 6.45) is -0.102. The van der Waals surface area contributed by atoms with Crippen LogP contribution in [-0.2, 0) is 30.8 Å². The molecule has 4 rings (SSSR count). The number of hydrogen-bond donors (Lipinski definition) is 4. The lowest BCUT2D eigenvalue weighted by molar-refractivity contribution is -0.141. The van der Waals surface area contributed by atoms with Gasteiger partial charge in [-0.05, 0) is 47.0 Å². The number of anilines is 1. The molecular weight excluding hydrogens is 534 g/mol. The molecule has 40 heavy (non-hydrogen) atoms. The van der Waals surface area contributed by atoms with Crippen molar-refractivity contribution in [2.75, 3.05) is 11.3 Å². The second kappa shape index (κ2) is 11.8. The zero-order valence-electron chi connectivity index (χ0n) is 21.0. The summed E-state index contributed by atoms with van der Waals surface area (Å²) in [5.41, 5.74) is 5.84. The van der Waals surface area contributed by atoms with Gasteiger partial charge in [0.25, 0.3) is 15.9 Å². The Balaban J connectivity index is 1.82. The van der Waals surface area contributed by atoms with E-state index < -0.39 is 46.1 Å². The molecule has 0 radical (unpaired) electrons. The minimum atomic E-state index is -4.24. The fourth-order valence-electron chi connectivity index (χ4n) is 4.36. The second-order valence-corrected chi connectivity index (χ2v) is 10.6. The van der Waals surface area contributed by atoms with Crippen molar-refractivity contribution in [3.63, 3.8) is 0 Å². The quantitative estimate of drug-likeness (QED) is 0.205. The number of sulfonamides is 1. The van der Waals surface area contributed by atoms with Crippen LogP contribution < -0.4 is 15.8 Å². The average Bonchev–Trinajstić information content (AvgIpc) is 2.94. The van der Waals surface area contributed by atoms with Crippen LogP contribution in [0, 0.1) is 0 Å². The number of carboxylic acids is 1. The van der Waals surface area contributed by atoms with Gasteiger partial charge in [-0.3, -0.25) is 23.9 Å². The molecule has 5 N–H and O–H groups in total. The van der Waals surface area contributed by atoms with Crippen molar-refractivity contribution in [1.29, 1.82) is 0 Å². The number of Topliss-reactive ketones (excluding diaryl/α,β-unsaturated/α-hetero) is 1. The number of aliphatic carboxylic acids is 1. The van der Waals surface area contributed by atoms with Gasteiger partial charge in [-0.1, -0.05) is 66.7 Å². The number of fused-ring (bicyclic) bond motifs is 1. The molecule has 10 nitrogen and oxygen atoms in total. The van der Waals surface area contributed by atoms with Crippen molar-refractivity contribution < 1.29 is 32.7 Å². The molecule has 0 bridgehead atoms. The van der Waals surface area contributed by atoms with E-state index in [0.29, 0.717) is 10.9 Å². The Hall–Kier alpha value is -5.03. The van der Waals surface area contributed by atoms with Crippen molar-refractivity contribution in [3.8, 4) is 0 Å². The molecule has 2 amide bonds.